The van der Waals surface area contributed by atoms with E-state index >= 15 is 0 Å². The van der Waals surface area contributed by atoms with Crippen LogP contribution in [0.2, 0.25) is 0 Å². The third kappa shape index (κ3) is 5.49. The second-order valence-corrected chi connectivity index (χ2v) is 13.6. The molecule has 0 radical (unpaired) electrons. The molecular formula is C21H21N4O13P3. The molecule has 41 heavy (non-hydrogen) atoms. The van der Waals surface area contributed by atoms with Crippen LogP contribution in [0.3, 0.4) is 0 Å². The molecule has 218 valence electrons. The topological polar surface area (TPSA) is 252 Å². The number of anilines is 2. The van der Waals surface area contributed by atoms with Gasteiger partial charge in [-0.05, 0) is 22.9 Å². The summed E-state index contributed by atoms with van der Waals surface area (Å²) in [4.78, 5) is 45.0. The van der Waals surface area contributed by atoms with Crippen molar-refractivity contribution in [1.29, 1.82) is 0 Å². The second kappa shape index (κ2) is 10.0. The molecule has 4 heterocycles. The Labute approximate surface area is 229 Å². The molecule has 0 aliphatic carbocycles. The van der Waals surface area contributed by atoms with Gasteiger partial charge in [-0.25, -0.2) is 23.7 Å². The largest absolute Gasteiger partial charge is 0.490 e. The van der Waals surface area contributed by atoms with E-state index in [0.29, 0.717) is 16.9 Å². The number of ether oxygens (including phenoxy) is 1. The molecule has 0 bridgehead atoms. The van der Waals surface area contributed by atoms with Crippen molar-refractivity contribution in [2.24, 2.45) is 0 Å². The van der Waals surface area contributed by atoms with Gasteiger partial charge in [0.25, 0.3) is 0 Å². The van der Waals surface area contributed by atoms with Gasteiger partial charge in [-0.1, -0.05) is 24.3 Å². The van der Waals surface area contributed by atoms with Crippen LogP contribution in [0.5, 0.6) is 0 Å². The summed E-state index contributed by atoms with van der Waals surface area (Å²) in [6.45, 7) is -0.943. The van der Waals surface area contributed by atoms with Gasteiger partial charge in [0.1, 0.15) is 36.1 Å². The molecule has 4 aromatic rings. The fraction of sp³-hybridized carbons (Fsp3) is 0.238. The average Bonchev–Trinajstić information content (AvgIpc) is 3.38. The number of aliphatic hydroxyl groups excluding tert-OH is 2. The highest BCUT2D eigenvalue weighted by molar-refractivity contribution is 7.66. The minimum Gasteiger partial charge on any atom is -0.387 e. The van der Waals surface area contributed by atoms with E-state index in [1.165, 1.54) is 10.9 Å². The highest BCUT2D eigenvalue weighted by Crippen LogP contribution is 2.66. The van der Waals surface area contributed by atoms with Crippen LogP contribution in [-0.4, -0.2) is 69.2 Å². The fourth-order valence-electron chi connectivity index (χ4n) is 4.84. The molecule has 7 N–H and O–H groups in total. The highest BCUT2D eigenvalue weighted by Gasteiger charge is 2.47. The van der Waals surface area contributed by atoms with Gasteiger partial charge < -0.3 is 44.4 Å². The number of phosphoric ester groups is 1. The molecule has 1 fully saturated rings. The van der Waals surface area contributed by atoms with Crippen LogP contribution in [0.15, 0.2) is 48.9 Å². The van der Waals surface area contributed by atoms with E-state index in [1.807, 2.05) is 36.4 Å². The van der Waals surface area contributed by atoms with E-state index in [4.69, 9.17) is 14.5 Å². The summed E-state index contributed by atoms with van der Waals surface area (Å²) in [6, 6.07) is 11.7. The molecule has 2 aliphatic heterocycles. The van der Waals surface area contributed by atoms with Crippen molar-refractivity contribution in [2.45, 2.75) is 24.5 Å². The number of nitrogens with one attached hydrogen (secondary N) is 1. The maximum absolute atomic E-state index is 12.1. The first-order chi connectivity index (χ1) is 19.2. The summed E-state index contributed by atoms with van der Waals surface area (Å²) >= 11 is 0. The molecule has 3 unspecified atom stereocenters. The molecule has 0 saturated carbocycles. The predicted molar refractivity (Wildman–Crippen MR) is 139 cm³/mol. The van der Waals surface area contributed by atoms with Gasteiger partial charge in [0.2, 0.25) is 0 Å². The molecule has 6 atom stereocenters. The number of nitrogens with zero attached hydrogens (tertiary/aromatic N) is 3. The van der Waals surface area contributed by atoms with E-state index < -0.39 is 54.6 Å². The minimum absolute atomic E-state index is 0.348. The third-order valence-electron chi connectivity index (χ3n) is 6.47. The number of hydrogen-bond acceptors (Lipinski definition) is 12. The monoisotopic (exact) mass is 630 g/mol. The van der Waals surface area contributed by atoms with Crippen LogP contribution in [0.1, 0.15) is 6.23 Å². The Balaban J connectivity index is 1.27. The van der Waals surface area contributed by atoms with Crippen LogP contribution >= 0.6 is 23.5 Å². The standard InChI is InChI=1S/C21H21N4O13P3/c26-17-15(8-35-40(31,32)38-41(33,34)37-39(28,29)30)36-21(18(17)27)25-7-13-12-5-10-3-1-2-4-11(10)6-14(12)24-19-16(13)20(25)23-9-22-19/h1-7,9,15,17-18,21,26-27H,8H2,(H,31,32)(H,33,34)(H,22,23,24)(H2,28,29,30)/t15-,17+,18?,21-/m1/s1. The molecule has 1 saturated heterocycles. The quantitative estimate of drug-likeness (QED) is 0.121. The van der Waals surface area contributed by atoms with Gasteiger partial charge in [0, 0.05) is 23.0 Å². The smallest absolute Gasteiger partial charge is 0.387 e. The summed E-state index contributed by atoms with van der Waals surface area (Å²) in [6.07, 6.45) is -3.00. The maximum atomic E-state index is 12.1. The normalized spacial score (nSPS) is 25.0. The number of hydrogen-bond donors (Lipinski definition) is 7. The number of fused-ring (bicyclic) bond motifs is 3. The van der Waals surface area contributed by atoms with E-state index in [0.717, 1.165) is 27.6 Å². The van der Waals surface area contributed by atoms with Crippen molar-refractivity contribution >= 4 is 56.8 Å². The van der Waals surface area contributed by atoms with Crippen LogP contribution in [0, 0.1) is 0 Å². The number of aromatic nitrogens is 3. The molecule has 17 nitrogen and oxygen atoms in total. The lowest BCUT2D eigenvalue weighted by atomic mass is 9.97. The molecular weight excluding hydrogens is 609 g/mol. The Kier molecular flexibility index (Phi) is 6.96. The Morgan fingerprint density at radius 2 is 1.63 bits per heavy atom. The average molecular weight is 630 g/mol. The number of rotatable bonds is 8. The molecule has 6 rings (SSSR count). The number of benzene rings is 2. The zero-order valence-corrected chi connectivity index (χ0v) is 23.0. The van der Waals surface area contributed by atoms with E-state index in [9.17, 15) is 33.7 Å². The van der Waals surface area contributed by atoms with Crippen molar-refractivity contribution in [3.05, 3.63) is 48.9 Å². The first kappa shape index (κ1) is 28.5. The Hall–Kier alpha value is -2.59. The number of aliphatic hydroxyl groups is 2. The summed E-state index contributed by atoms with van der Waals surface area (Å²) < 4.78 is 53.6. The lowest BCUT2D eigenvalue weighted by Gasteiger charge is -2.19. The zero-order valence-electron chi connectivity index (χ0n) is 20.4. The maximum Gasteiger partial charge on any atom is 0.490 e. The van der Waals surface area contributed by atoms with E-state index in [1.54, 1.807) is 6.20 Å². The lowest BCUT2D eigenvalue weighted by Crippen LogP contribution is -2.33. The summed E-state index contributed by atoms with van der Waals surface area (Å²) in [7, 11) is -16.8. The highest BCUT2D eigenvalue weighted by atomic mass is 31.3. The Bertz CT molecular complexity index is 1830. The fourth-order valence-corrected chi connectivity index (χ4v) is 7.87. The SMILES string of the molecule is O=P(O)(O)OP(=O)(O)OP(=O)(O)OC[C@H]1O[C@@H](n2cc3c4c(ncnc42)Nc2cc4ccccc4cc2-3)C(O)[C@H]1O. The van der Waals surface area contributed by atoms with E-state index in [2.05, 4.69) is 28.4 Å². The molecule has 0 spiro atoms. The minimum atomic E-state index is -5.73. The van der Waals surface area contributed by atoms with Gasteiger partial charge in [-0.3, -0.25) is 4.52 Å². The van der Waals surface area contributed by atoms with Gasteiger partial charge in [-0.15, -0.1) is 0 Å². The summed E-state index contributed by atoms with van der Waals surface area (Å²) in [5.74, 6) is 0.503. The van der Waals surface area contributed by atoms with Gasteiger partial charge >= 0.3 is 23.5 Å². The summed E-state index contributed by atoms with van der Waals surface area (Å²) in [5.41, 5.74) is 2.68. The van der Waals surface area contributed by atoms with Gasteiger partial charge in [0.05, 0.1) is 12.0 Å². The third-order valence-corrected chi connectivity index (χ3v) is 10.3. The van der Waals surface area contributed by atoms with Crippen molar-refractivity contribution in [3.8, 4) is 11.1 Å². The van der Waals surface area contributed by atoms with Crippen molar-refractivity contribution in [1.82, 2.24) is 14.5 Å². The molecule has 20 heteroatoms. The number of phosphoric acid groups is 3. The van der Waals surface area contributed by atoms with E-state index in [-0.39, 0.29) is 0 Å². The van der Waals surface area contributed by atoms with Gasteiger partial charge in [-0.2, -0.15) is 8.62 Å². The van der Waals surface area contributed by atoms with Crippen molar-refractivity contribution < 1.29 is 61.4 Å². The first-order valence-corrected chi connectivity index (χ1v) is 16.2. The van der Waals surface area contributed by atoms with Crippen molar-refractivity contribution in [2.75, 3.05) is 11.9 Å². The molecule has 2 aromatic heterocycles. The van der Waals surface area contributed by atoms with Crippen LogP contribution in [0.25, 0.3) is 32.9 Å². The Morgan fingerprint density at radius 1 is 0.927 bits per heavy atom. The molecule has 2 aromatic carbocycles. The van der Waals surface area contributed by atoms with Crippen LogP contribution in [-0.2, 0) is 31.6 Å². The summed E-state index contributed by atoms with van der Waals surface area (Å²) in [5, 5.41) is 27.3. The first-order valence-electron chi connectivity index (χ1n) is 11.7. The zero-order chi connectivity index (χ0) is 29.3. The predicted octanol–water partition coefficient (Wildman–Crippen LogP) is 2.27. The second-order valence-electron chi connectivity index (χ2n) is 9.17. The molecule has 0 amide bonds. The lowest BCUT2D eigenvalue weighted by molar-refractivity contribution is -0.0500. The van der Waals surface area contributed by atoms with Gasteiger partial charge in [0.15, 0.2) is 6.23 Å². The van der Waals surface area contributed by atoms with Crippen LogP contribution in [0.4, 0.5) is 11.5 Å². The van der Waals surface area contributed by atoms with Crippen LogP contribution < -0.4 is 5.32 Å². The molecule has 2 aliphatic rings. The Morgan fingerprint density at radius 3 is 2.34 bits per heavy atom. The van der Waals surface area contributed by atoms with Crippen molar-refractivity contribution in [3.63, 3.8) is 0 Å².